The molecule has 1 saturated carbocycles. The van der Waals surface area contributed by atoms with Gasteiger partial charge in [-0.25, -0.2) is 0 Å². The molecule has 1 fully saturated rings. The highest BCUT2D eigenvalue weighted by Crippen LogP contribution is 2.25. The number of aromatic nitrogens is 2. The predicted molar refractivity (Wildman–Crippen MR) is 79.3 cm³/mol. The molecule has 1 aliphatic rings. The van der Waals surface area contributed by atoms with Crippen molar-refractivity contribution >= 4 is 11.6 Å². The molecule has 122 valence electrons. The highest BCUT2D eigenvalue weighted by Gasteiger charge is 2.21. The molecule has 2 rings (SSSR count). The topological polar surface area (TPSA) is 99.3 Å². The Hall–Kier alpha value is -1.96. The maximum atomic E-state index is 11.7. The lowest BCUT2D eigenvalue weighted by Gasteiger charge is -2.28. The number of nitrogens with one attached hydrogen (secondary N) is 1. The average Bonchev–Trinajstić information content (AvgIpc) is 2.94. The van der Waals surface area contributed by atoms with Crippen LogP contribution in [0, 0.1) is 16.0 Å². The van der Waals surface area contributed by atoms with E-state index in [-0.39, 0.29) is 18.1 Å². The summed E-state index contributed by atoms with van der Waals surface area (Å²) in [5.41, 5.74) is -0.123. The normalized spacial score (nSPS) is 21.5. The maximum absolute atomic E-state index is 11.7. The Labute approximate surface area is 129 Å². The zero-order chi connectivity index (χ0) is 15.9. The van der Waals surface area contributed by atoms with Gasteiger partial charge in [0.15, 0.2) is 0 Å². The first-order chi connectivity index (χ1) is 10.6. The zero-order valence-corrected chi connectivity index (χ0v) is 12.7. The minimum absolute atomic E-state index is 0.0341. The first kappa shape index (κ1) is 16.4. The Morgan fingerprint density at radius 1 is 1.55 bits per heavy atom. The second-order valence-corrected chi connectivity index (χ2v) is 5.67. The Balaban J connectivity index is 1.64. The van der Waals surface area contributed by atoms with Gasteiger partial charge in [0.2, 0.25) is 5.91 Å². The number of carbonyl (C=O) groups excluding carboxylic acids is 1. The predicted octanol–water partition coefficient (Wildman–Crippen LogP) is 1.50. The summed E-state index contributed by atoms with van der Waals surface area (Å²) in [6.45, 7) is 3.09. The molecule has 0 aliphatic heterocycles. The molecule has 8 nitrogen and oxygen atoms in total. The first-order valence-electron chi connectivity index (χ1n) is 7.61. The highest BCUT2D eigenvalue weighted by atomic mass is 16.6. The van der Waals surface area contributed by atoms with Crippen molar-refractivity contribution in [2.45, 2.75) is 45.3 Å². The molecule has 0 unspecified atom stereocenters. The fourth-order valence-corrected chi connectivity index (χ4v) is 2.67. The Kier molecular flexibility index (Phi) is 5.88. The molecule has 0 spiro atoms. The van der Waals surface area contributed by atoms with Crippen molar-refractivity contribution < 1.29 is 14.5 Å². The van der Waals surface area contributed by atoms with E-state index in [2.05, 4.69) is 17.3 Å². The molecule has 1 N–H and O–H groups in total. The highest BCUT2D eigenvalue weighted by molar-refractivity contribution is 5.75. The van der Waals surface area contributed by atoms with Crippen LogP contribution in [-0.4, -0.2) is 39.9 Å². The average molecular weight is 310 g/mol. The van der Waals surface area contributed by atoms with E-state index < -0.39 is 4.92 Å². The molecule has 22 heavy (non-hydrogen) atoms. The van der Waals surface area contributed by atoms with Gasteiger partial charge in [0.05, 0.1) is 17.6 Å². The van der Waals surface area contributed by atoms with E-state index in [1.165, 1.54) is 30.1 Å². The summed E-state index contributed by atoms with van der Waals surface area (Å²) in [7, 11) is 0. The standard InChI is InChI=1S/C14H22N4O4/c1-11-4-2-3-5-13(11)22-7-6-15-14(19)10-17-9-12(8-16-17)18(20)21/h8-9,11,13H,2-7,10H2,1H3,(H,15,19)/t11-,13+/m0/s1. The van der Waals surface area contributed by atoms with Crippen LogP contribution in [-0.2, 0) is 16.1 Å². The molecular formula is C14H22N4O4. The Morgan fingerprint density at radius 3 is 3.00 bits per heavy atom. The lowest BCUT2D eigenvalue weighted by molar-refractivity contribution is -0.385. The number of nitro groups is 1. The van der Waals surface area contributed by atoms with E-state index in [0.717, 1.165) is 12.6 Å². The summed E-state index contributed by atoms with van der Waals surface area (Å²) in [5, 5.41) is 17.0. The molecule has 1 aromatic heterocycles. The van der Waals surface area contributed by atoms with Crippen LogP contribution in [0.25, 0.3) is 0 Å². The van der Waals surface area contributed by atoms with Crippen LogP contribution in [0.5, 0.6) is 0 Å². The van der Waals surface area contributed by atoms with Crippen molar-refractivity contribution in [3.63, 3.8) is 0 Å². The lowest BCUT2D eigenvalue weighted by atomic mass is 9.88. The molecule has 1 aromatic rings. The van der Waals surface area contributed by atoms with E-state index in [9.17, 15) is 14.9 Å². The van der Waals surface area contributed by atoms with Crippen LogP contribution < -0.4 is 5.32 Å². The van der Waals surface area contributed by atoms with E-state index in [0.29, 0.717) is 25.2 Å². The van der Waals surface area contributed by atoms with Gasteiger partial charge in [0.25, 0.3) is 0 Å². The SMILES string of the molecule is C[C@H]1CCCC[C@H]1OCCNC(=O)Cn1cc([N+](=O)[O-])cn1. The minimum atomic E-state index is -0.541. The summed E-state index contributed by atoms with van der Waals surface area (Å²) in [4.78, 5) is 21.7. The molecule has 0 radical (unpaired) electrons. The maximum Gasteiger partial charge on any atom is 0.307 e. The summed E-state index contributed by atoms with van der Waals surface area (Å²) >= 11 is 0. The molecule has 0 bridgehead atoms. The summed E-state index contributed by atoms with van der Waals surface area (Å²) in [6.07, 6.45) is 7.43. The molecule has 1 amide bonds. The third kappa shape index (κ3) is 4.80. The molecule has 1 heterocycles. The van der Waals surface area contributed by atoms with Gasteiger partial charge in [-0.3, -0.25) is 19.6 Å². The monoisotopic (exact) mass is 310 g/mol. The molecule has 1 aliphatic carbocycles. The fraction of sp³-hybridized carbons (Fsp3) is 0.714. The lowest BCUT2D eigenvalue weighted by Crippen LogP contribution is -2.33. The van der Waals surface area contributed by atoms with Gasteiger partial charge in [-0.2, -0.15) is 5.10 Å². The van der Waals surface area contributed by atoms with Crippen LogP contribution in [0.1, 0.15) is 32.6 Å². The number of hydrogen-bond acceptors (Lipinski definition) is 5. The van der Waals surface area contributed by atoms with Crippen molar-refractivity contribution in [2.24, 2.45) is 5.92 Å². The third-order valence-corrected chi connectivity index (χ3v) is 3.92. The second kappa shape index (κ2) is 7.88. The van der Waals surface area contributed by atoms with Crippen molar-refractivity contribution in [3.05, 3.63) is 22.5 Å². The summed E-state index contributed by atoms with van der Waals surface area (Å²) in [6, 6.07) is 0. The molecule has 2 atom stereocenters. The number of ether oxygens (including phenoxy) is 1. The number of rotatable bonds is 7. The zero-order valence-electron chi connectivity index (χ0n) is 12.7. The molecule has 8 heteroatoms. The third-order valence-electron chi connectivity index (χ3n) is 3.92. The quantitative estimate of drug-likeness (QED) is 0.467. The van der Waals surface area contributed by atoms with Crippen LogP contribution >= 0.6 is 0 Å². The number of nitrogens with zero attached hydrogens (tertiary/aromatic N) is 3. The number of hydrogen-bond donors (Lipinski definition) is 1. The van der Waals surface area contributed by atoms with Crippen LogP contribution in [0.2, 0.25) is 0 Å². The Morgan fingerprint density at radius 2 is 2.32 bits per heavy atom. The minimum Gasteiger partial charge on any atom is -0.376 e. The summed E-state index contributed by atoms with van der Waals surface area (Å²) in [5.74, 6) is 0.340. The van der Waals surface area contributed by atoms with Gasteiger partial charge in [0.1, 0.15) is 18.9 Å². The van der Waals surface area contributed by atoms with Gasteiger partial charge in [0, 0.05) is 6.54 Å². The van der Waals surface area contributed by atoms with Gasteiger partial charge >= 0.3 is 5.69 Å². The van der Waals surface area contributed by atoms with Crippen molar-refractivity contribution in [1.82, 2.24) is 15.1 Å². The van der Waals surface area contributed by atoms with Gasteiger partial charge in [-0.15, -0.1) is 0 Å². The van der Waals surface area contributed by atoms with E-state index in [1.807, 2.05) is 0 Å². The van der Waals surface area contributed by atoms with Crippen LogP contribution in [0.15, 0.2) is 12.4 Å². The van der Waals surface area contributed by atoms with Crippen molar-refractivity contribution in [2.75, 3.05) is 13.2 Å². The van der Waals surface area contributed by atoms with Crippen molar-refractivity contribution in [3.8, 4) is 0 Å². The van der Waals surface area contributed by atoms with Crippen LogP contribution in [0.3, 0.4) is 0 Å². The molecule has 0 aromatic carbocycles. The van der Waals surface area contributed by atoms with Gasteiger partial charge < -0.3 is 10.1 Å². The second-order valence-electron chi connectivity index (χ2n) is 5.67. The molecule has 0 saturated heterocycles. The first-order valence-corrected chi connectivity index (χ1v) is 7.61. The van der Waals surface area contributed by atoms with Gasteiger partial charge in [-0.05, 0) is 18.8 Å². The van der Waals surface area contributed by atoms with E-state index in [1.54, 1.807) is 0 Å². The molecular weight excluding hydrogens is 288 g/mol. The smallest absolute Gasteiger partial charge is 0.307 e. The van der Waals surface area contributed by atoms with Gasteiger partial charge in [-0.1, -0.05) is 19.8 Å². The van der Waals surface area contributed by atoms with Crippen LogP contribution in [0.4, 0.5) is 5.69 Å². The van der Waals surface area contributed by atoms with Crippen molar-refractivity contribution in [1.29, 1.82) is 0 Å². The fourth-order valence-electron chi connectivity index (χ4n) is 2.67. The summed E-state index contributed by atoms with van der Waals surface area (Å²) < 4.78 is 7.05. The number of amides is 1. The largest absolute Gasteiger partial charge is 0.376 e. The van der Waals surface area contributed by atoms with E-state index >= 15 is 0 Å². The van der Waals surface area contributed by atoms with E-state index in [4.69, 9.17) is 4.74 Å². The number of carbonyl (C=O) groups is 1. The Bertz CT molecular complexity index is 517.